The molecule has 0 radical (unpaired) electrons. The number of benzene rings is 1. The van der Waals surface area contributed by atoms with Gasteiger partial charge >= 0.3 is 5.97 Å². The van der Waals surface area contributed by atoms with Crippen LogP contribution in [0, 0.1) is 0 Å². The van der Waals surface area contributed by atoms with E-state index in [2.05, 4.69) is 41.3 Å². The van der Waals surface area contributed by atoms with Crippen LogP contribution in [0.15, 0.2) is 32.0 Å². The normalized spacial score (nSPS) is 13.2. The van der Waals surface area contributed by atoms with Crippen LogP contribution in [-0.4, -0.2) is 39.3 Å². The number of carboxylic acids is 1. The smallest absolute Gasteiger partial charge is 0.334 e. The summed E-state index contributed by atoms with van der Waals surface area (Å²) in [6, 6.07) is 4.66. The van der Waals surface area contributed by atoms with Crippen molar-refractivity contribution in [1.29, 1.82) is 0 Å². The summed E-state index contributed by atoms with van der Waals surface area (Å²) in [5.74, 6) is -1.24. The lowest BCUT2D eigenvalue weighted by atomic mass is 10.4. The van der Waals surface area contributed by atoms with Gasteiger partial charge in [-0.2, -0.15) is 0 Å². The maximum atomic E-state index is 12.0. The molecule has 6 nitrogen and oxygen atoms in total. The van der Waals surface area contributed by atoms with Gasteiger partial charge in [-0.15, -0.1) is 0 Å². The molecule has 1 aromatic rings. The third-order valence-electron chi connectivity index (χ3n) is 2.20. The largest absolute Gasteiger partial charge is 0.479 e. The Bertz CT molecular complexity index is 575. The van der Waals surface area contributed by atoms with Gasteiger partial charge in [0.15, 0.2) is 6.10 Å². The Labute approximate surface area is 127 Å². The standard InChI is InChI=1S/C10H11Br2NO5S/c1-18-8(10(14)15)5-13-19(16,17)9-4-6(11)2-3-7(9)12/h2-4,8,13H,5H2,1H3,(H,14,15). The van der Waals surface area contributed by atoms with E-state index in [0.717, 1.165) is 0 Å². The van der Waals surface area contributed by atoms with Crippen molar-refractivity contribution in [2.75, 3.05) is 13.7 Å². The first-order valence-electron chi connectivity index (χ1n) is 4.98. The second-order valence-electron chi connectivity index (χ2n) is 3.49. The van der Waals surface area contributed by atoms with Crippen LogP contribution in [0.3, 0.4) is 0 Å². The number of hydrogen-bond acceptors (Lipinski definition) is 4. The van der Waals surface area contributed by atoms with Crippen LogP contribution in [0.2, 0.25) is 0 Å². The van der Waals surface area contributed by atoms with E-state index in [0.29, 0.717) is 8.95 Å². The van der Waals surface area contributed by atoms with Gasteiger partial charge in [0.2, 0.25) is 10.0 Å². The van der Waals surface area contributed by atoms with Gasteiger partial charge in [-0.05, 0) is 34.1 Å². The fourth-order valence-corrected chi connectivity index (χ4v) is 3.75. The zero-order chi connectivity index (χ0) is 14.6. The molecule has 0 aliphatic heterocycles. The van der Waals surface area contributed by atoms with Gasteiger partial charge in [-0.3, -0.25) is 0 Å². The highest BCUT2D eigenvalue weighted by molar-refractivity contribution is 9.11. The lowest BCUT2D eigenvalue weighted by Gasteiger charge is -2.13. The summed E-state index contributed by atoms with van der Waals surface area (Å²) in [4.78, 5) is 10.7. The van der Waals surface area contributed by atoms with E-state index < -0.39 is 22.1 Å². The lowest BCUT2D eigenvalue weighted by Crippen LogP contribution is -2.37. The third-order valence-corrected chi connectivity index (χ3v) is 5.11. The third kappa shape index (κ3) is 4.53. The fraction of sp³-hybridized carbons (Fsp3) is 0.300. The van der Waals surface area contributed by atoms with Gasteiger partial charge < -0.3 is 9.84 Å². The monoisotopic (exact) mass is 415 g/mol. The van der Waals surface area contributed by atoms with Crippen LogP contribution in [0.5, 0.6) is 0 Å². The molecule has 106 valence electrons. The molecule has 1 rings (SSSR count). The highest BCUT2D eigenvalue weighted by atomic mass is 79.9. The Morgan fingerprint density at radius 3 is 2.63 bits per heavy atom. The topological polar surface area (TPSA) is 92.7 Å². The summed E-state index contributed by atoms with van der Waals surface area (Å²) < 4.78 is 31.9. The van der Waals surface area contributed by atoms with Crippen molar-refractivity contribution in [2.45, 2.75) is 11.0 Å². The number of methoxy groups -OCH3 is 1. The van der Waals surface area contributed by atoms with E-state index in [9.17, 15) is 13.2 Å². The molecule has 0 aromatic heterocycles. The van der Waals surface area contributed by atoms with Crippen LogP contribution in [-0.2, 0) is 19.6 Å². The Kier molecular flexibility index (Phi) is 5.93. The molecule has 0 bridgehead atoms. The zero-order valence-corrected chi connectivity index (χ0v) is 13.7. The molecule has 0 saturated carbocycles. The molecule has 0 fully saturated rings. The van der Waals surface area contributed by atoms with Crippen molar-refractivity contribution in [3.8, 4) is 0 Å². The van der Waals surface area contributed by atoms with Crippen molar-refractivity contribution in [1.82, 2.24) is 4.72 Å². The van der Waals surface area contributed by atoms with E-state index >= 15 is 0 Å². The van der Waals surface area contributed by atoms with Gasteiger partial charge in [0.05, 0.1) is 4.90 Å². The van der Waals surface area contributed by atoms with Crippen molar-refractivity contribution in [3.05, 3.63) is 27.1 Å². The molecule has 1 atom stereocenters. The zero-order valence-electron chi connectivity index (χ0n) is 9.76. The summed E-state index contributed by atoms with van der Waals surface area (Å²) in [6.07, 6.45) is -1.24. The molecule has 0 heterocycles. The number of hydrogen-bond donors (Lipinski definition) is 2. The first kappa shape index (κ1) is 16.6. The first-order valence-corrected chi connectivity index (χ1v) is 8.05. The van der Waals surface area contributed by atoms with Gasteiger partial charge in [-0.25, -0.2) is 17.9 Å². The Balaban J connectivity index is 2.93. The van der Waals surface area contributed by atoms with Crippen LogP contribution in [0.4, 0.5) is 0 Å². The van der Waals surface area contributed by atoms with Crippen molar-refractivity contribution in [3.63, 3.8) is 0 Å². The van der Waals surface area contributed by atoms with Gasteiger partial charge in [0.1, 0.15) is 0 Å². The average Bonchev–Trinajstić information content (AvgIpc) is 2.32. The quantitative estimate of drug-likeness (QED) is 0.734. The van der Waals surface area contributed by atoms with E-state index in [1.807, 2.05) is 0 Å². The first-order chi connectivity index (χ1) is 8.77. The van der Waals surface area contributed by atoms with Crippen LogP contribution in [0.25, 0.3) is 0 Å². The van der Waals surface area contributed by atoms with E-state index in [4.69, 9.17) is 5.11 Å². The molecular weight excluding hydrogens is 406 g/mol. The van der Waals surface area contributed by atoms with Crippen LogP contribution < -0.4 is 4.72 Å². The average molecular weight is 417 g/mol. The molecule has 0 aliphatic rings. The number of ether oxygens (including phenoxy) is 1. The molecule has 1 unspecified atom stereocenters. The second-order valence-corrected chi connectivity index (χ2v) is 6.99. The van der Waals surface area contributed by atoms with Gasteiger partial charge in [-0.1, -0.05) is 15.9 Å². The number of aliphatic carboxylic acids is 1. The number of carbonyl (C=O) groups is 1. The highest BCUT2D eigenvalue weighted by Crippen LogP contribution is 2.25. The molecule has 0 aliphatic carbocycles. The molecule has 9 heteroatoms. The van der Waals surface area contributed by atoms with Crippen molar-refractivity contribution in [2.24, 2.45) is 0 Å². The fourth-order valence-electron chi connectivity index (χ4n) is 1.22. The second kappa shape index (κ2) is 6.80. The lowest BCUT2D eigenvalue weighted by molar-refractivity contribution is -0.147. The SMILES string of the molecule is COC(CNS(=O)(=O)c1cc(Br)ccc1Br)C(=O)O. The summed E-state index contributed by atoms with van der Waals surface area (Å²) >= 11 is 6.31. The van der Waals surface area contributed by atoms with E-state index in [1.165, 1.54) is 13.2 Å². The van der Waals surface area contributed by atoms with Gasteiger partial charge in [0, 0.05) is 22.6 Å². The number of sulfonamides is 1. The number of rotatable bonds is 6. The minimum Gasteiger partial charge on any atom is -0.479 e. The summed E-state index contributed by atoms with van der Waals surface area (Å²) in [5, 5.41) is 8.76. The van der Waals surface area contributed by atoms with Gasteiger partial charge in [0.25, 0.3) is 0 Å². The summed E-state index contributed by atoms with van der Waals surface area (Å²) in [6.45, 7) is -0.354. The number of halogens is 2. The Hall–Kier alpha value is -0.480. The molecule has 19 heavy (non-hydrogen) atoms. The van der Waals surface area contributed by atoms with E-state index in [-0.39, 0.29) is 11.4 Å². The van der Waals surface area contributed by atoms with Crippen molar-refractivity contribution >= 4 is 47.9 Å². The molecule has 2 N–H and O–H groups in total. The molecule has 0 amide bonds. The minimum atomic E-state index is -3.82. The highest BCUT2D eigenvalue weighted by Gasteiger charge is 2.23. The Morgan fingerprint density at radius 1 is 1.47 bits per heavy atom. The Morgan fingerprint density at radius 2 is 2.11 bits per heavy atom. The molecule has 0 spiro atoms. The maximum Gasteiger partial charge on any atom is 0.334 e. The summed E-state index contributed by atoms with van der Waals surface area (Å²) in [7, 11) is -2.63. The minimum absolute atomic E-state index is 0.0158. The van der Waals surface area contributed by atoms with Crippen LogP contribution in [0.1, 0.15) is 0 Å². The predicted molar refractivity (Wildman–Crippen MR) is 75.5 cm³/mol. The number of carboxylic acid groups (broad SMARTS) is 1. The summed E-state index contributed by atoms with van der Waals surface area (Å²) in [5.41, 5.74) is 0. The predicted octanol–water partition coefficient (Wildman–Crippen LogP) is 1.59. The maximum absolute atomic E-state index is 12.0. The molecule has 0 saturated heterocycles. The molecule has 1 aromatic carbocycles. The molecular formula is C10H11Br2NO5S. The van der Waals surface area contributed by atoms with Crippen LogP contribution >= 0.6 is 31.9 Å². The number of nitrogens with one attached hydrogen (secondary N) is 1. The van der Waals surface area contributed by atoms with E-state index in [1.54, 1.807) is 12.1 Å². The van der Waals surface area contributed by atoms with Crippen molar-refractivity contribution < 1.29 is 23.1 Å².